The number of amides is 4. The van der Waals surface area contributed by atoms with Crippen LogP contribution >= 0.6 is 0 Å². The maximum atomic E-state index is 13.2. The van der Waals surface area contributed by atoms with E-state index >= 15 is 0 Å². The minimum atomic E-state index is -0.685. The van der Waals surface area contributed by atoms with E-state index in [4.69, 9.17) is 4.74 Å². The molecule has 4 atom stereocenters. The SMILES string of the molecule is O=C1CCC(N2Cc3ccc(-n4cc(C(=O)N5[C@H](CO)C[C@@H]6OCC[C@@H]65)nn4)cc3C2=O)C(=O)N1. The fraction of sp³-hybridized carbons (Fsp3) is 0.478. The molecule has 35 heavy (non-hydrogen) atoms. The van der Waals surface area contributed by atoms with Gasteiger partial charge in [-0.1, -0.05) is 11.3 Å². The molecule has 1 aromatic heterocycles. The molecule has 2 aromatic rings. The van der Waals surface area contributed by atoms with Crippen LogP contribution in [0.15, 0.2) is 24.4 Å². The summed E-state index contributed by atoms with van der Waals surface area (Å²) in [6.45, 7) is 0.722. The Labute approximate surface area is 199 Å². The van der Waals surface area contributed by atoms with Crippen molar-refractivity contribution in [3.63, 3.8) is 0 Å². The van der Waals surface area contributed by atoms with E-state index in [0.29, 0.717) is 30.7 Å². The fourth-order valence-electron chi connectivity index (χ4n) is 5.62. The second kappa shape index (κ2) is 8.24. The van der Waals surface area contributed by atoms with E-state index in [9.17, 15) is 24.3 Å². The number of hydrogen-bond donors (Lipinski definition) is 2. The standard InChI is InChI=1S/C23H24N6O6/c30-11-14-8-19-17(5-6-35-19)29(14)23(34)16-10-28(26-25-16)13-2-1-12-9-27(22(33)15(12)7-13)18-3-4-20(31)24-21(18)32/h1-2,7,10,14,17-19,30H,3-6,8-9,11H2,(H,24,31,32)/t14-,17-,18?,19-/m0/s1. The lowest BCUT2D eigenvalue weighted by Gasteiger charge is -2.29. The van der Waals surface area contributed by atoms with Gasteiger partial charge < -0.3 is 19.6 Å². The van der Waals surface area contributed by atoms with Gasteiger partial charge in [-0.25, -0.2) is 4.68 Å². The van der Waals surface area contributed by atoms with Crippen LogP contribution in [0.5, 0.6) is 0 Å². The Morgan fingerprint density at radius 3 is 2.89 bits per heavy atom. The molecule has 0 radical (unpaired) electrons. The van der Waals surface area contributed by atoms with Gasteiger partial charge in [0.25, 0.3) is 11.8 Å². The number of ether oxygens (including phenoxy) is 1. The first-order valence-electron chi connectivity index (χ1n) is 11.7. The van der Waals surface area contributed by atoms with Crippen LogP contribution in [0.3, 0.4) is 0 Å². The predicted molar refractivity (Wildman–Crippen MR) is 117 cm³/mol. The maximum Gasteiger partial charge on any atom is 0.276 e. The third-order valence-electron chi connectivity index (χ3n) is 7.36. The molecule has 6 rings (SSSR count). The van der Waals surface area contributed by atoms with Crippen molar-refractivity contribution in [3.8, 4) is 5.69 Å². The van der Waals surface area contributed by atoms with Gasteiger partial charge in [-0.2, -0.15) is 0 Å². The van der Waals surface area contributed by atoms with Gasteiger partial charge in [0.15, 0.2) is 5.69 Å². The number of rotatable bonds is 4. The van der Waals surface area contributed by atoms with Gasteiger partial charge in [-0.3, -0.25) is 24.5 Å². The third-order valence-corrected chi connectivity index (χ3v) is 7.36. The second-order valence-electron chi connectivity index (χ2n) is 9.34. The molecule has 182 valence electrons. The number of aromatic nitrogens is 3. The van der Waals surface area contributed by atoms with Crippen LogP contribution in [0.2, 0.25) is 0 Å². The third kappa shape index (κ3) is 3.51. The number of hydrogen-bond acceptors (Lipinski definition) is 8. The van der Waals surface area contributed by atoms with Crippen molar-refractivity contribution in [2.75, 3.05) is 13.2 Å². The summed E-state index contributed by atoms with van der Waals surface area (Å²) < 4.78 is 7.13. The van der Waals surface area contributed by atoms with Gasteiger partial charge in [0.1, 0.15) is 6.04 Å². The minimum Gasteiger partial charge on any atom is -0.394 e. The number of likely N-dealkylation sites (tertiary alicyclic amines) is 1. The topological polar surface area (TPSA) is 147 Å². The summed E-state index contributed by atoms with van der Waals surface area (Å²) in [6.07, 6.45) is 3.25. The summed E-state index contributed by atoms with van der Waals surface area (Å²) in [6, 6.07) is 4.14. The molecular weight excluding hydrogens is 456 g/mol. The first-order valence-corrected chi connectivity index (χ1v) is 11.7. The molecule has 3 fully saturated rings. The van der Waals surface area contributed by atoms with Crippen molar-refractivity contribution in [1.29, 1.82) is 0 Å². The van der Waals surface area contributed by atoms with E-state index in [-0.39, 0.29) is 61.2 Å². The summed E-state index contributed by atoms with van der Waals surface area (Å²) in [5, 5.41) is 20.2. The smallest absolute Gasteiger partial charge is 0.276 e. The molecule has 5 heterocycles. The van der Waals surface area contributed by atoms with Crippen molar-refractivity contribution in [3.05, 3.63) is 41.2 Å². The summed E-state index contributed by atoms with van der Waals surface area (Å²) in [5.74, 6) is -1.39. The maximum absolute atomic E-state index is 13.2. The van der Waals surface area contributed by atoms with Gasteiger partial charge in [0.05, 0.1) is 36.7 Å². The zero-order valence-electron chi connectivity index (χ0n) is 18.8. The molecular formula is C23H24N6O6. The van der Waals surface area contributed by atoms with E-state index in [1.165, 1.54) is 15.8 Å². The second-order valence-corrected chi connectivity index (χ2v) is 9.34. The van der Waals surface area contributed by atoms with Gasteiger partial charge in [0.2, 0.25) is 11.8 Å². The Balaban J connectivity index is 1.22. The van der Waals surface area contributed by atoms with Crippen LogP contribution in [-0.4, -0.2) is 91.0 Å². The number of carbonyl (C=O) groups is 4. The molecule has 0 bridgehead atoms. The van der Waals surface area contributed by atoms with Crippen LogP contribution in [0.1, 0.15) is 52.1 Å². The molecule has 12 nitrogen and oxygen atoms in total. The molecule has 1 unspecified atom stereocenters. The Morgan fingerprint density at radius 1 is 1.23 bits per heavy atom. The van der Waals surface area contributed by atoms with Gasteiger partial charge in [0, 0.05) is 25.1 Å². The van der Waals surface area contributed by atoms with E-state index in [0.717, 1.165) is 12.0 Å². The summed E-state index contributed by atoms with van der Waals surface area (Å²) in [4.78, 5) is 53.2. The Kier molecular flexibility index (Phi) is 5.15. The number of carbonyl (C=O) groups excluding carboxylic acids is 4. The summed E-state index contributed by atoms with van der Waals surface area (Å²) in [5.41, 5.74) is 1.92. The molecule has 0 saturated carbocycles. The number of nitrogens with one attached hydrogen (secondary N) is 1. The lowest BCUT2D eigenvalue weighted by Crippen LogP contribution is -2.52. The van der Waals surface area contributed by atoms with Crippen molar-refractivity contribution < 1.29 is 29.0 Å². The minimum absolute atomic E-state index is 0.0684. The number of fused-ring (bicyclic) bond motifs is 2. The van der Waals surface area contributed by atoms with E-state index in [1.54, 1.807) is 23.1 Å². The van der Waals surface area contributed by atoms with Gasteiger partial charge in [-0.15, -0.1) is 5.10 Å². The Hall–Kier alpha value is -3.64. The molecule has 1 aromatic carbocycles. The molecule has 4 aliphatic heterocycles. The van der Waals surface area contributed by atoms with Gasteiger partial charge >= 0.3 is 0 Å². The number of benzene rings is 1. The predicted octanol–water partition coefficient (Wildman–Crippen LogP) is -0.607. The average molecular weight is 480 g/mol. The van der Waals surface area contributed by atoms with Crippen molar-refractivity contribution in [2.45, 2.75) is 56.5 Å². The number of nitrogens with zero attached hydrogens (tertiary/aromatic N) is 5. The summed E-state index contributed by atoms with van der Waals surface area (Å²) in [7, 11) is 0. The molecule has 4 aliphatic rings. The van der Waals surface area contributed by atoms with E-state index < -0.39 is 11.9 Å². The van der Waals surface area contributed by atoms with Crippen LogP contribution in [0.4, 0.5) is 0 Å². The average Bonchev–Trinajstić information content (AvgIpc) is 3.62. The Bertz CT molecular complexity index is 1240. The first kappa shape index (κ1) is 21.9. The largest absolute Gasteiger partial charge is 0.394 e. The number of piperidine rings is 1. The quantitative estimate of drug-likeness (QED) is 0.551. The highest BCUT2D eigenvalue weighted by Crippen LogP contribution is 2.34. The zero-order valence-corrected chi connectivity index (χ0v) is 18.8. The number of aliphatic hydroxyl groups excluding tert-OH is 1. The van der Waals surface area contributed by atoms with Crippen LogP contribution in [0, 0.1) is 0 Å². The zero-order chi connectivity index (χ0) is 24.3. The summed E-state index contributed by atoms with van der Waals surface area (Å²) >= 11 is 0. The van der Waals surface area contributed by atoms with Crippen molar-refractivity contribution >= 4 is 23.6 Å². The van der Waals surface area contributed by atoms with Crippen LogP contribution < -0.4 is 5.32 Å². The normalized spacial score (nSPS) is 27.9. The molecule has 0 aliphatic carbocycles. The highest BCUT2D eigenvalue weighted by Gasteiger charge is 2.47. The fourth-order valence-corrected chi connectivity index (χ4v) is 5.62. The monoisotopic (exact) mass is 480 g/mol. The van der Waals surface area contributed by atoms with Crippen LogP contribution in [0.25, 0.3) is 5.69 Å². The molecule has 12 heteroatoms. The lowest BCUT2D eigenvalue weighted by atomic mass is 10.0. The molecule has 0 spiro atoms. The van der Waals surface area contributed by atoms with E-state index in [1.807, 2.05) is 0 Å². The van der Waals surface area contributed by atoms with Crippen molar-refractivity contribution in [1.82, 2.24) is 30.1 Å². The molecule has 4 amide bonds. The molecule has 2 N–H and O–H groups in total. The molecule has 3 saturated heterocycles. The van der Waals surface area contributed by atoms with E-state index in [2.05, 4.69) is 15.6 Å². The lowest BCUT2D eigenvalue weighted by molar-refractivity contribution is -0.136. The van der Waals surface area contributed by atoms with Crippen LogP contribution in [-0.2, 0) is 20.9 Å². The number of imide groups is 1. The van der Waals surface area contributed by atoms with Crippen molar-refractivity contribution in [2.24, 2.45) is 0 Å². The van der Waals surface area contributed by atoms with Gasteiger partial charge in [-0.05, 0) is 37.0 Å². The highest BCUT2D eigenvalue weighted by atomic mass is 16.5. The first-order chi connectivity index (χ1) is 16.9. The number of aliphatic hydroxyl groups is 1. The Morgan fingerprint density at radius 2 is 2.09 bits per heavy atom. The highest BCUT2D eigenvalue weighted by molar-refractivity contribution is 6.05.